The molecule has 1 heterocycles. The summed E-state index contributed by atoms with van der Waals surface area (Å²) in [5.41, 5.74) is 10.8. The first kappa shape index (κ1) is 13.5. The van der Waals surface area contributed by atoms with E-state index in [1.54, 1.807) is 0 Å². The van der Waals surface area contributed by atoms with E-state index in [1.165, 1.54) is 17.1 Å². The van der Waals surface area contributed by atoms with Gasteiger partial charge in [-0.15, -0.1) is 0 Å². The molecule has 20 heavy (non-hydrogen) atoms. The second kappa shape index (κ2) is 5.46. The van der Waals surface area contributed by atoms with Crippen molar-refractivity contribution < 1.29 is 0 Å². The Kier molecular flexibility index (Phi) is 3.68. The van der Waals surface area contributed by atoms with E-state index in [1.807, 2.05) is 6.07 Å². The number of rotatable bonds is 2. The molecular formula is C16H18BrN3. The fourth-order valence-electron chi connectivity index (χ4n) is 2.76. The lowest BCUT2D eigenvalue weighted by atomic mass is 10.1. The van der Waals surface area contributed by atoms with Crippen LogP contribution in [-0.2, 0) is 6.54 Å². The van der Waals surface area contributed by atoms with Crippen molar-refractivity contribution in [2.45, 2.75) is 6.54 Å². The summed E-state index contributed by atoms with van der Waals surface area (Å²) in [6.07, 6.45) is 0. The van der Waals surface area contributed by atoms with Crippen molar-refractivity contribution in [2.75, 3.05) is 29.9 Å². The smallest absolute Gasteiger partial charge is 0.0649 e. The highest BCUT2D eigenvalue weighted by atomic mass is 79.9. The van der Waals surface area contributed by atoms with Crippen molar-refractivity contribution in [3.05, 3.63) is 52.5 Å². The molecule has 0 radical (unpaired) electrons. The van der Waals surface area contributed by atoms with Gasteiger partial charge in [0, 0.05) is 42.4 Å². The van der Waals surface area contributed by atoms with Gasteiger partial charge < -0.3 is 15.5 Å². The zero-order valence-electron chi connectivity index (χ0n) is 11.5. The Morgan fingerprint density at radius 2 is 1.70 bits per heavy atom. The van der Waals surface area contributed by atoms with Crippen molar-refractivity contribution in [3.8, 4) is 0 Å². The summed E-state index contributed by atoms with van der Waals surface area (Å²) in [5, 5.41) is 0. The molecule has 1 aliphatic heterocycles. The second-order valence-corrected chi connectivity index (χ2v) is 5.86. The van der Waals surface area contributed by atoms with Gasteiger partial charge in [0.2, 0.25) is 0 Å². The molecule has 0 aromatic heterocycles. The van der Waals surface area contributed by atoms with Crippen LogP contribution in [0, 0.1) is 0 Å². The number of likely N-dealkylation sites (N-methyl/N-ethyl adjacent to an activating group) is 1. The average Bonchev–Trinajstić information content (AvgIpc) is 2.48. The molecule has 0 saturated heterocycles. The number of hydrogen-bond donors (Lipinski definition) is 1. The predicted molar refractivity (Wildman–Crippen MR) is 88.8 cm³/mol. The number of nitrogens with zero attached hydrogens (tertiary/aromatic N) is 2. The molecule has 0 atom stereocenters. The summed E-state index contributed by atoms with van der Waals surface area (Å²) in [7, 11) is 2.14. The predicted octanol–water partition coefficient (Wildman–Crippen LogP) is 3.50. The van der Waals surface area contributed by atoms with Gasteiger partial charge in [-0.1, -0.05) is 34.1 Å². The van der Waals surface area contributed by atoms with Crippen molar-refractivity contribution in [3.63, 3.8) is 0 Å². The summed E-state index contributed by atoms with van der Waals surface area (Å²) in [6.45, 7) is 2.51. The lowest BCUT2D eigenvalue weighted by Crippen LogP contribution is -2.37. The van der Waals surface area contributed by atoms with E-state index in [2.05, 4.69) is 69.2 Å². The van der Waals surface area contributed by atoms with Crippen LogP contribution in [0.4, 0.5) is 17.1 Å². The van der Waals surface area contributed by atoms with Gasteiger partial charge in [0.1, 0.15) is 0 Å². The Morgan fingerprint density at radius 3 is 2.45 bits per heavy atom. The minimum Gasteiger partial charge on any atom is -0.371 e. The summed E-state index contributed by atoms with van der Waals surface area (Å²) in [6, 6.07) is 14.8. The summed E-state index contributed by atoms with van der Waals surface area (Å²) < 4.78 is 1.08. The summed E-state index contributed by atoms with van der Waals surface area (Å²) in [5.74, 6) is 0. The van der Waals surface area contributed by atoms with Gasteiger partial charge in [0.25, 0.3) is 0 Å². The first-order valence-corrected chi connectivity index (χ1v) is 7.57. The van der Waals surface area contributed by atoms with E-state index < -0.39 is 0 Å². The van der Waals surface area contributed by atoms with E-state index in [-0.39, 0.29) is 0 Å². The minimum atomic E-state index is 0.533. The third-order valence-electron chi connectivity index (χ3n) is 3.83. The summed E-state index contributed by atoms with van der Waals surface area (Å²) in [4.78, 5) is 4.66. The Labute approximate surface area is 128 Å². The third-order valence-corrected chi connectivity index (χ3v) is 4.57. The van der Waals surface area contributed by atoms with Gasteiger partial charge in [-0.2, -0.15) is 0 Å². The molecule has 0 fully saturated rings. The maximum atomic E-state index is 5.94. The maximum absolute atomic E-state index is 5.94. The fraction of sp³-hybridized carbons (Fsp3) is 0.250. The van der Waals surface area contributed by atoms with Crippen LogP contribution in [0.3, 0.4) is 0 Å². The van der Waals surface area contributed by atoms with Gasteiger partial charge in [-0.3, -0.25) is 0 Å². The Balaban J connectivity index is 2.13. The zero-order chi connectivity index (χ0) is 14.1. The normalized spacial score (nSPS) is 14.3. The average molecular weight is 332 g/mol. The number of anilines is 3. The van der Waals surface area contributed by atoms with E-state index >= 15 is 0 Å². The molecule has 2 aromatic carbocycles. The molecule has 0 aliphatic carbocycles. The Morgan fingerprint density at radius 1 is 1.00 bits per heavy atom. The third kappa shape index (κ3) is 2.19. The molecule has 0 spiro atoms. The van der Waals surface area contributed by atoms with Crippen molar-refractivity contribution >= 4 is 33.0 Å². The van der Waals surface area contributed by atoms with E-state index in [0.717, 1.165) is 23.1 Å². The highest BCUT2D eigenvalue weighted by Gasteiger charge is 2.22. The van der Waals surface area contributed by atoms with Crippen LogP contribution in [0.5, 0.6) is 0 Å². The molecule has 2 N–H and O–H groups in total. The quantitative estimate of drug-likeness (QED) is 0.914. The van der Waals surface area contributed by atoms with Crippen LogP contribution in [0.15, 0.2) is 46.9 Å². The molecule has 2 aromatic rings. The number of benzene rings is 2. The highest BCUT2D eigenvalue weighted by Crippen LogP contribution is 2.39. The van der Waals surface area contributed by atoms with E-state index in [0.29, 0.717) is 6.54 Å². The number of nitrogens with two attached hydrogens (primary N) is 1. The standard InChI is InChI=1S/C16H18BrN3/c1-19-9-10-20(16-7-3-2-6-15(16)19)14-8-4-5-13(17)12(14)11-18/h2-8H,9-11,18H2,1H3. The number of hydrogen-bond acceptors (Lipinski definition) is 3. The molecule has 3 rings (SSSR count). The van der Waals surface area contributed by atoms with E-state index in [9.17, 15) is 0 Å². The van der Waals surface area contributed by atoms with Crippen LogP contribution < -0.4 is 15.5 Å². The number of fused-ring (bicyclic) bond motifs is 1. The van der Waals surface area contributed by atoms with Crippen molar-refractivity contribution in [2.24, 2.45) is 5.73 Å². The van der Waals surface area contributed by atoms with Crippen LogP contribution in [-0.4, -0.2) is 20.1 Å². The first-order valence-electron chi connectivity index (χ1n) is 6.77. The molecule has 0 amide bonds. The van der Waals surface area contributed by atoms with Gasteiger partial charge >= 0.3 is 0 Å². The lowest BCUT2D eigenvalue weighted by Gasteiger charge is -2.38. The molecule has 0 unspecified atom stereocenters. The molecule has 104 valence electrons. The molecule has 3 nitrogen and oxygen atoms in total. The summed E-state index contributed by atoms with van der Waals surface area (Å²) >= 11 is 3.61. The molecular weight excluding hydrogens is 314 g/mol. The first-order chi connectivity index (χ1) is 9.72. The van der Waals surface area contributed by atoms with Crippen LogP contribution in [0.25, 0.3) is 0 Å². The fourth-order valence-corrected chi connectivity index (χ4v) is 3.28. The Hall–Kier alpha value is -1.52. The largest absolute Gasteiger partial charge is 0.371 e. The van der Waals surface area contributed by atoms with Gasteiger partial charge in [-0.25, -0.2) is 0 Å². The highest BCUT2D eigenvalue weighted by molar-refractivity contribution is 9.10. The maximum Gasteiger partial charge on any atom is 0.0649 e. The van der Waals surface area contributed by atoms with Gasteiger partial charge in [0.05, 0.1) is 11.4 Å². The van der Waals surface area contributed by atoms with Gasteiger partial charge in [0.15, 0.2) is 0 Å². The van der Waals surface area contributed by atoms with Crippen molar-refractivity contribution in [1.82, 2.24) is 0 Å². The zero-order valence-corrected chi connectivity index (χ0v) is 13.1. The van der Waals surface area contributed by atoms with Crippen molar-refractivity contribution in [1.29, 1.82) is 0 Å². The van der Waals surface area contributed by atoms with Crippen LogP contribution >= 0.6 is 15.9 Å². The topological polar surface area (TPSA) is 32.5 Å². The molecule has 0 bridgehead atoms. The van der Waals surface area contributed by atoms with E-state index in [4.69, 9.17) is 5.73 Å². The molecule has 1 aliphatic rings. The lowest BCUT2D eigenvalue weighted by molar-refractivity contribution is 0.817. The second-order valence-electron chi connectivity index (χ2n) is 5.00. The van der Waals surface area contributed by atoms with Crippen LogP contribution in [0.2, 0.25) is 0 Å². The monoisotopic (exact) mass is 331 g/mol. The molecule has 0 saturated carbocycles. The van der Waals surface area contributed by atoms with Gasteiger partial charge in [-0.05, 0) is 24.3 Å². The Bertz CT molecular complexity index is 627. The SMILES string of the molecule is CN1CCN(c2cccc(Br)c2CN)c2ccccc21. The minimum absolute atomic E-state index is 0.533. The molecule has 4 heteroatoms. The van der Waals surface area contributed by atoms with Crippen LogP contribution in [0.1, 0.15) is 5.56 Å². The number of para-hydroxylation sites is 2. The number of halogens is 1.